The average Bonchev–Trinajstić information content (AvgIpc) is 3.42. The summed E-state index contributed by atoms with van der Waals surface area (Å²) in [5, 5.41) is 6.02. The van der Waals surface area contributed by atoms with Crippen LogP contribution in [0.2, 0.25) is 0 Å². The van der Waals surface area contributed by atoms with E-state index in [9.17, 15) is 0 Å². The molecule has 4 aromatic carbocycles. The van der Waals surface area contributed by atoms with Crippen LogP contribution in [-0.2, 0) is 0 Å². The van der Waals surface area contributed by atoms with Crippen LogP contribution >= 0.6 is 11.3 Å². The van der Waals surface area contributed by atoms with Crippen LogP contribution in [-0.4, -0.2) is 4.98 Å². The number of aromatic nitrogens is 1. The molecule has 7 rings (SSSR count). The fourth-order valence-corrected chi connectivity index (χ4v) is 6.14. The third-order valence-corrected chi connectivity index (χ3v) is 7.83. The molecule has 33 heavy (non-hydrogen) atoms. The smallest absolute Gasteiger partial charge is 0.145 e. The topological polar surface area (TPSA) is 26.0 Å². The van der Waals surface area contributed by atoms with Gasteiger partial charge in [0.1, 0.15) is 11.2 Å². The van der Waals surface area contributed by atoms with E-state index in [4.69, 9.17) is 9.40 Å². The summed E-state index contributed by atoms with van der Waals surface area (Å²) in [6, 6.07) is 31.9. The molecule has 0 spiro atoms. The van der Waals surface area contributed by atoms with Crippen molar-refractivity contribution in [2.24, 2.45) is 0 Å². The number of hydrogen-bond acceptors (Lipinski definition) is 3. The highest BCUT2D eigenvalue weighted by Crippen LogP contribution is 2.42. The van der Waals surface area contributed by atoms with Crippen LogP contribution in [0.15, 0.2) is 102 Å². The summed E-state index contributed by atoms with van der Waals surface area (Å²) in [4.78, 5) is 6.08. The summed E-state index contributed by atoms with van der Waals surface area (Å²) in [6.45, 7) is 2.21. The minimum absolute atomic E-state index is 0.896. The lowest BCUT2D eigenvalue weighted by Crippen LogP contribution is -1.87. The number of pyridine rings is 1. The number of furan rings is 1. The van der Waals surface area contributed by atoms with Crippen molar-refractivity contribution in [1.82, 2.24) is 4.98 Å². The average molecular weight is 442 g/mol. The minimum atomic E-state index is 0.896. The SMILES string of the molecule is Cc1c(-c2ccnc(-c3cc4ccccc4c4c3oc3ccccc34)c2)sc2ccccc12. The van der Waals surface area contributed by atoms with Gasteiger partial charge in [0, 0.05) is 32.1 Å². The molecular weight excluding hydrogens is 422 g/mol. The van der Waals surface area contributed by atoms with E-state index in [-0.39, 0.29) is 0 Å². The van der Waals surface area contributed by atoms with Crippen molar-refractivity contribution in [1.29, 1.82) is 0 Å². The molecule has 7 aromatic rings. The maximum atomic E-state index is 6.43. The molecule has 0 atom stereocenters. The quantitative estimate of drug-likeness (QED) is 0.267. The molecule has 0 bridgehead atoms. The van der Waals surface area contributed by atoms with E-state index in [1.54, 1.807) is 0 Å². The maximum Gasteiger partial charge on any atom is 0.145 e. The predicted molar refractivity (Wildman–Crippen MR) is 140 cm³/mol. The second-order valence-electron chi connectivity index (χ2n) is 8.43. The molecule has 3 heterocycles. The first-order valence-electron chi connectivity index (χ1n) is 11.1. The Hall–Kier alpha value is -3.95. The van der Waals surface area contributed by atoms with Crippen molar-refractivity contribution in [3.8, 4) is 21.7 Å². The van der Waals surface area contributed by atoms with E-state index in [2.05, 4.69) is 85.8 Å². The molecule has 0 aliphatic carbocycles. The molecule has 0 aliphatic rings. The van der Waals surface area contributed by atoms with Gasteiger partial charge >= 0.3 is 0 Å². The predicted octanol–water partition coefficient (Wildman–Crippen LogP) is 8.99. The van der Waals surface area contributed by atoms with Crippen molar-refractivity contribution >= 4 is 54.1 Å². The zero-order chi connectivity index (χ0) is 21.9. The molecule has 0 amide bonds. The first-order valence-corrected chi connectivity index (χ1v) is 11.9. The zero-order valence-corrected chi connectivity index (χ0v) is 18.8. The molecule has 0 fully saturated rings. The first-order chi connectivity index (χ1) is 16.3. The van der Waals surface area contributed by atoms with Crippen LogP contribution in [0.3, 0.4) is 0 Å². The van der Waals surface area contributed by atoms with Gasteiger partial charge in [-0.15, -0.1) is 11.3 Å². The van der Waals surface area contributed by atoms with Crippen molar-refractivity contribution < 1.29 is 4.42 Å². The molecule has 3 aromatic heterocycles. The van der Waals surface area contributed by atoms with Gasteiger partial charge in [-0.3, -0.25) is 4.98 Å². The third-order valence-electron chi connectivity index (χ3n) is 6.51. The minimum Gasteiger partial charge on any atom is -0.455 e. The number of benzene rings is 4. The molecule has 0 N–H and O–H groups in total. The third kappa shape index (κ3) is 2.76. The van der Waals surface area contributed by atoms with Crippen LogP contribution in [0.4, 0.5) is 0 Å². The fourth-order valence-electron chi connectivity index (χ4n) is 4.93. The Balaban J connectivity index is 1.52. The van der Waals surface area contributed by atoms with E-state index in [1.807, 2.05) is 29.7 Å². The molecule has 2 nitrogen and oxygen atoms in total. The number of hydrogen-bond donors (Lipinski definition) is 0. The summed E-state index contributed by atoms with van der Waals surface area (Å²) in [5.41, 5.74) is 6.27. The van der Waals surface area contributed by atoms with Crippen LogP contribution < -0.4 is 0 Å². The van der Waals surface area contributed by atoms with Gasteiger partial charge < -0.3 is 4.42 Å². The lowest BCUT2D eigenvalue weighted by atomic mass is 9.97. The Labute approximate surface area is 194 Å². The number of nitrogens with zero attached hydrogens (tertiary/aromatic N) is 1. The molecule has 0 unspecified atom stereocenters. The van der Waals surface area contributed by atoms with Gasteiger partial charge in [0.25, 0.3) is 0 Å². The van der Waals surface area contributed by atoms with E-state index in [0.717, 1.165) is 33.2 Å². The van der Waals surface area contributed by atoms with E-state index in [0.29, 0.717) is 0 Å². The Morgan fingerprint density at radius 2 is 1.52 bits per heavy atom. The van der Waals surface area contributed by atoms with Crippen LogP contribution in [0.5, 0.6) is 0 Å². The normalized spacial score (nSPS) is 11.8. The van der Waals surface area contributed by atoms with Gasteiger partial charge in [0.05, 0.1) is 5.69 Å². The van der Waals surface area contributed by atoms with Gasteiger partial charge in [-0.05, 0) is 64.5 Å². The Morgan fingerprint density at radius 1 is 0.758 bits per heavy atom. The van der Waals surface area contributed by atoms with E-state index >= 15 is 0 Å². The van der Waals surface area contributed by atoms with Crippen molar-refractivity contribution in [3.05, 3.63) is 103 Å². The standard InChI is InChI=1S/C30H19NOS/c1-18-21-9-5-7-13-27(21)33-30(18)20-14-15-31-25(17-20)24-16-19-8-2-3-10-22(19)28-23-11-4-6-12-26(23)32-29(24)28/h2-17H,1H3. The van der Waals surface area contributed by atoms with Gasteiger partial charge in [-0.2, -0.15) is 0 Å². The van der Waals surface area contributed by atoms with Gasteiger partial charge in [-0.1, -0.05) is 60.7 Å². The summed E-state index contributed by atoms with van der Waals surface area (Å²) in [7, 11) is 0. The van der Waals surface area contributed by atoms with Crippen molar-refractivity contribution in [2.75, 3.05) is 0 Å². The molecular formula is C30H19NOS. The van der Waals surface area contributed by atoms with Crippen molar-refractivity contribution in [3.63, 3.8) is 0 Å². The van der Waals surface area contributed by atoms with Crippen LogP contribution in [0, 0.1) is 6.92 Å². The number of para-hydroxylation sites is 1. The molecule has 0 radical (unpaired) electrons. The highest BCUT2D eigenvalue weighted by molar-refractivity contribution is 7.22. The molecule has 0 saturated carbocycles. The van der Waals surface area contributed by atoms with E-state index in [1.165, 1.54) is 36.9 Å². The zero-order valence-electron chi connectivity index (χ0n) is 18.0. The Kier molecular flexibility index (Phi) is 3.96. The van der Waals surface area contributed by atoms with Gasteiger partial charge in [-0.25, -0.2) is 0 Å². The maximum absolute atomic E-state index is 6.43. The number of rotatable bonds is 2. The summed E-state index contributed by atoms with van der Waals surface area (Å²) in [6.07, 6.45) is 1.91. The number of aryl methyl sites for hydroxylation is 1. The summed E-state index contributed by atoms with van der Waals surface area (Å²) < 4.78 is 7.74. The molecule has 156 valence electrons. The second-order valence-corrected chi connectivity index (χ2v) is 9.48. The highest BCUT2D eigenvalue weighted by Gasteiger charge is 2.18. The lowest BCUT2D eigenvalue weighted by Gasteiger charge is -2.08. The lowest BCUT2D eigenvalue weighted by molar-refractivity contribution is 0.670. The van der Waals surface area contributed by atoms with Crippen LogP contribution in [0.1, 0.15) is 5.56 Å². The number of fused-ring (bicyclic) bond motifs is 6. The van der Waals surface area contributed by atoms with Crippen molar-refractivity contribution in [2.45, 2.75) is 6.92 Å². The largest absolute Gasteiger partial charge is 0.455 e. The first kappa shape index (κ1) is 18.6. The van der Waals surface area contributed by atoms with Gasteiger partial charge in [0.15, 0.2) is 0 Å². The Morgan fingerprint density at radius 3 is 2.39 bits per heavy atom. The monoisotopic (exact) mass is 441 g/mol. The molecule has 0 saturated heterocycles. The molecule has 3 heteroatoms. The molecule has 0 aliphatic heterocycles. The fraction of sp³-hybridized carbons (Fsp3) is 0.0333. The number of thiophene rings is 1. The summed E-state index contributed by atoms with van der Waals surface area (Å²) >= 11 is 1.84. The summed E-state index contributed by atoms with van der Waals surface area (Å²) in [5.74, 6) is 0. The van der Waals surface area contributed by atoms with Gasteiger partial charge in [0.2, 0.25) is 0 Å². The highest BCUT2D eigenvalue weighted by atomic mass is 32.1. The van der Waals surface area contributed by atoms with E-state index < -0.39 is 0 Å². The van der Waals surface area contributed by atoms with Crippen LogP contribution in [0.25, 0.3) is 64.5 Å². The Bertz CT molecular complexity index is 1840. The second kappa shape index (κ2) is 7.03.